The average molecular weight is 255 g/mol. The summed E-state index contributed by atoms with van der Waals surface area (Å²) in [6, 6.07) is 2.11. The molecule has 1 atom stereocenters. The van der Waals surface area contributed by atoms with Crippen LogP contribution in [0.1, 0.15) is 20.8 Å². The Morgan fingerprint density at radius 2 is 2.41 bits per heavy atom. The highest BCUT2D eigenvalue weighted by Gasteiger charge is 2.29. The SMILES string of the molecule is CC(C)[C@@](C)(C#N)NC(=O)Cn1cc(Cl)cn1. The van der Waals surface area contributed by atoms with Crippen LogP contribution in [0.5, 0.6) is 0 Å². The van der Waals surface area contributed by atoms with Crippen molar-refractivity contribution < 1.29 is 4.79 Å². The van der Waals surface area contributed by atoms with Crippen LogP contribution in [0, 0.1) is 17.2 Å². The predicted octanol–water partition coefficient (Wildman–Crippen LogP) is 1.59. The molecule has 1 amide bonds. The number of rotatable bonds is 4. The van der Waals surface area contributed by atoms with Crippen LogP contribution < -0.4 is 5.32 Å². The van der Waals surface area contributed by atoms with Crippen LogP contribution in [-0.4, -0.2) is 21.2 Å². The largest absolute Gasteiger partial charge is 0.336 e. The number of nitrogens with one attached hydrogen (secondary N) is 1. The fraction of sp³-hybridized carbons (Fsp3) is 0.545. The van der Waals surface area contributed by atoms with E-state index in [1.54, 1.807) is 13.1 Å². The summed E-state index contributed by atoms with van der Waals surface area (Å²) in [6.07, 6.45) is 3.01. The third-order valence-electron chi connectivity index (χ3n) is 2.69. The van der Waals surface area contributed by atoms with E-state index in [1.807, 2.05) is 13.8 Å². The van der Waals surface area contributed by atoms with E-state index >= 15 is 0 Å². The molecule has 1 aromatic rings. The second-order valence-corrected chi connectivity index (χ2v) is 4.81. The smallest absolute Gasteiger partial charge is 0.242 e. The summed E-state index contributed by atoms with van der Waals surface area (Å²) in [4.78, 5) is 11.7. The molecule has 0 aliphatic rings. The summed E-state index contributed by atoms with van der Waals surface area (Å²) in [5.74, 6) is -0.236. The summed E-state index contributed by atoms with van der Waals surface area (Å²) in [7, 11) is 0. The fourth-order valence-electron chi connectivity index (χ4n) is 1.20. The lowest BCUT2D eigenvalue weighted by Gasteiger charge is -2.27. The van der Waals surface area contributed by atoms with Crippen LogP contribution >= 0.6 is 11.6 Å². The number of hydrogen-bond donors (Lipinski definition) is 1. The van der Waals surface area contributed by atoms with E-state index in [9.17, 15) is 4.79 Å². The predicted molar refractivity (Wildman–Crippen MR) is 64.2 cm³/mol. The molecule has 0 saturated heterocycles. The number of carbonyl (C=O) groups excluding carboxylic acids is 1. The molecule has 1 heterocycles. The Bertz CT molecular complexity index is 449. The minimum absolute atomic E-state index is 0.0256. The molecule has 0 aromatic carbocycles. The molecular weight excluding hydrogens is 240 g/mol. The van der Waals surface area contributed by atoms with E-state index in [2.05, 4.69) is 16.5 Å². The van der Waals surface area contributed by atoms with Crippen LogP contribution in [-0.2, 0) is 11.3 Å². The van der Waals surface area contributed by atoms with Crippen molar-refractivity contribution in [3.8, 4) is 6.07 Å². The van der Waals surface area contributed by atoms with Crippen LogP contribution in [0.15, 0.2) is 12.4 Å². The molecule has 6 heteroatoms. The van der Waals surface area contributed by atoms with Crippen molar-refractivity contribution in [2.45, 2.75) is 32.9 Å². The van der Waals surface area contributed by atoms with Crippen LogP contribution in [0.4, 0.5) is 0 Å². The highest BCUT2D eigenvalue weighted by Crippen LogP contribution is 2.15. The average Bonchev–Trinajstić information content (AvgIpc) is 2.63. The Morgan fingerprint density at radius 1 is 1.76 bits per heavy atom. The van der Waals surface area contributed by atoms with Crippen molar-refractivity contribution in [2.24, 2.45) is 5.92 Å². The fourth-order valence-corrected chi connectivity index (χ4v) is 1.36. The number of carbonyl (C=O) groups is 1. The van der Waals surface area contributed by atoms with E-state index < -0.39 is 5.54 Å². The number of nitrogens with zero attached hydrogens (tertiary/aromatic N) is 3. The number of amides is 1. The van der Waals surface area contributed by atoms with Gasteiger partial charge in [-0.2, -0.15) is 10.4 Å². The number of aromatic nitrogens is 2. The molecule has 0 unspecified atom stereocenters. The van der Waals surface area contributed by atoms with E-state index in [-0.39, 0.29) is 18.4 Å². The summed E-state index contributed by atoms with van der Waals surface area (Å²) in [5.41, 5.74) is -0.867. The molecule has 1 aromatic heterocycles. The van der Waals surface area contributed by atoms with Gasteiger partial charge < -0.3 is 5.32 Å². The first-order chi connectivity index (χ1) is 7.87. The van der Waals surface area contributed by atoms with Gasteiger partial charge in [-0.05, 0) is 12.8 Å². The molecule has 0 fully saturated rings. The van der Waals surface area contributed by atoms with Gasteiger partial charge in [-0.3, -0.25) is 9.48 Å². The Morgan fingerprint density at radius 3 is 2.82 bits per heavy atom. The highest BCUT2D eigenvalue weighted by atomic mass is 35.5. The third kappa shape index (κ3) is 3.46. The van der Waals surface area contributed by atoms with Gasteiger partial charge in [0.05, 0.1) is 17.3 Å². The minimum atomic E-state index is -0.867. The van der Waals surface area contributed by atoms with Gasteiger partial charge >= 0.3 is 0 Å². The topological polar surface area (TPSA) is 70.7 Å². The van der Waals surface area contributed by atoms with Gasteiger partial charge in [0.25, 0.3) is 0 Å². The second-order valence-electron chi connectivity index (χ2n) is 4.37. The van der Waals surface area contributed by atoms with Crippen LogP contribution in [0.25, 0.3) is 0 Å². The molecule has 0 spiro atoms. The first-order valence-electron chi connectivity index (χ1n) is 5.27. The molecule has 0 saturated carbocycles. The summed E-state index contributed by atoms with van der Waals surface area (Å²) in [6.45, 7) is 5.52. The summed E-state index contributed by atoms with van der Waals surface area (Å²) < 4.78 is 1.43. The molecule has 17 heavy (non-hydrogen) atoms. The first-order valence-corrected chi connectivity index (χ1v) is 5.65. The Labute approximate surface area is 105 Å². The maximum absolute atomic E-state index is 11.7. The van der Waals surface area contributed by atoms with Crippen molar-refractivity contribution in [2.75, 3.05) is 0 Å². The van der Waals surface area contributed by atoms with Crippen molar-refractivity contribution in [3.63, 3.8) is 0 Å². The zero-order chi connectivity index (χ0) is 13.1. The molecule has 0 radical (unpaired) electrons. The van der Waals surface area contributed by atoms with E-state index in [1.165, 1.54) is 10.9 Å². The van der Waals surface area contributed by atoms with Gasteiger partial charge in [0, 0.05) is 6.20 Å². The molecular formula is C11H15ClN4O. The number of nitriles is 1. The summed E-state index contributed by atoms with van der Waals surface area (Å²) >= 11 is 5.69. The van der Waals surface area contributed by atoms with Crippen LogP contribution in [0.3, 0.4) is 0 Å². The number of halogens is 1. The zero-order valence-corrected chi connectivity index (χ0v) is 10.8. The highest BCUT2D eigenvalue weighted by molar-refractivity contribution is 6.30. The maximum atomic E-state index is 11.7. The maximum Gasteiger partial charge on any atom is 0.242 e. The van der Waals surface area contributed by atoms with E-state index in [0.717, 1.165) is 0 Å². The third-order valence-corrected chi connectivity index (χ3v) is 2.89. The molecule has 92 valence electrons. The van der Waals surface area contributed by atoms with Crippen molar-refractivity contribution in [1.29, 1.82) is 5.26 Å². The Kier molecular flexibility index (Phi) is 4.13. The standard InChI is InChI=1S/C11H15ClN4O/c1-8(2)11(3,7-13)15-10(17)6-16-5-9(12)4-14-16/h4-5,8H,6H2,1-3H3,(H,15,17)/t11-/m1/s1. The Hall–Kier alpha value is -1.54. The van der Waals surface area contributed by atoms with Gasteiger partial charge in [0.15, 0.2) is 0 Å². The Balaban J connectivity index is 2.64. The van der Waals surface area contributed by atoms with Gasteiger partial charge in [0.2, 0.25) is 5.91 Å². The normalized spacial score (nSPS) is 14.1. The lowest BCUT2D eigenvalue weighted by molar-refractivity contribution is -0.123. The van der Waals surface area contributed by atoms with Crippen molar-refractivity contribution >= 4 is 17.5 Å². The minimum Gasteiger partial charge on any atom is -0.336 e. The second kappa shape index (κ2) is 5.19. The molecule has 0 aliphatic carbocycles. The zero-order valence-electron chi connectivity index (χ0n) is 10.1. The van der Waals surface area contributed by atoms with E-state index in [0.29, 0.717) is 5.02 Å². The van der Waals surface area contributed by atoms with Crippen molar-refractivity contribution in [1.82, 2.24) is 15.1 Å². The lowest BCUT2D eigenvalue weighted by atomic mass is 9.90. The number of hydrogen-bond acceptors (Lipinski definition) is 3. The van der Waals surface area contributed by atoms with Gasteiger partial charge in [-0.1, -0.05) is 25.4 Å². The summed E-state index contributed by atoms with van der Waals surface area (Å²) in [5, 5.41) is 16.1. The lowest BCUT2D eigenvalue weighted by Crippen LogP contribution is -2.49. The van der Waals surface area contributed by atoms with Crippen molar-refractivity contribution in [3.05, 3.63) is 17.4 Å². The first kappa shape index (κ1) is 13.5. The van der Waals surface area contributed by atoms with Crippen LogP contribution in [0.2, 0.25) is 5.02 Å². The van der Waals surface area contributed by atoms with Gasteiger partial charge in [-0.15, -0.1) is 0 Å². The van der Waals surface area contributed by atoms with E-state index in [4.69, 9.17) is 16.9 Å². The molecule has 0 aliphatic heterocycles. The molecule has 1 rings (SSSR count). The molecule has 0 bridgehead atoms. The molecule has 5 nitrogen and oxygen atoms in total. The van der Waals surface area contributed by atoms with Gasteiger partial charge in [0.1, 0.15) is 12.1 Å². The quantitative estimate of drug-likeness (QED) is 0.887. The van der Waals surface area contributed by atoms with Gasteiger partial charge in [-0.25, -0.2) is 0 Å². The monoisotopic (exact) mass is 254 g/mol. The molecule has 1 N–H and O–H groups in total.